The van der Waals surface area contributed by atoms with Crippen LogP contribution in [-0.4, -0.2) is 18.6 Å². The largest absolute Gasteiger partial charge is 0.492 e. The Balaban J connectivity index is 1.99. The van der Waals surface area contributed by atoms with E-state index in [2.05, 4.69) is 38.4 Å². The van der Waals surface area contributed by atoms with Gasteiger partial charge in [0.2, 0.25) is 0 Å². The van der Waals surface area contributed by atoms with Gasteiger partial charge in [-0.25, -0.2) is 0 Å². The lowest BCUT2D eigenvalue weighted by Crippen LogP contribution is -2.09. The minimum Gasteiger partial charge on any atom is -0.492 e. The van der Waals surface area contributed by atoms with E-state index >= 15 is 0 Å². The molecule has 0 atom stereocenters. The minimum absolute atomic E-state index is 0.644. The minimum atomic E-state index is 0.644. The maximum atomic E-state index is 5.91. The number of hydrogen-bond donors (Lipinski definition) is 1. The molecular weight excluding hydrogens is 304 g/mol. The molecule has 1 N–H and O–H groups in total. The van der Waals surface area contributed by atoms with Crippen LogP contribution in [0.4, 0.5) is 0 Å². The predicted octanol–water partition coefficient (Wildman–Crippen LogP) is 3.19. The van der Waals surface area contributed by atoms with Gasteiger partial charge in [-0.15, -0.1) is 0 Å². The van der Waals surface area contributed by atoms with E-state index in [0.717, 1.165) is 28.8 Å². The zero-order chi connectivity index (χ0) is 13.5. The van der Waals surface area contributed by atoms with Gasteiger partial charge in [0.05, 0.1) is 11.1 Å². The van der Waals surface area contributed by atoms with Crippen LogP contribution < -0.4 is 10.1 Å². The third kappa shape index (κ3) is 4.04. The Morgan fingerprint density at radius 1 is 1.26 bits per heavy atom. The van der Waals surface area contributed by atoms with Crippen molar-refractivity contribution in [2.75, 3.05) is 13.7 Å². The molecule has 2 aromatic rings. The number of pyridine rings is 1. The van der Waals surface area contributed by atoms with Crippen LogP contribution in [0.15, 0.2) is 47.2 Å². The number of halogens is 1. The van der Waals surface area contributed by atoms with Gasteiger partial charge in [0.1, 0.15) is 5.75 Å². The van der Waals surface area contributed by atoms with Crippen LogP contribution >= 0.6 is 15.9 Å². The van der Waals surface area contributed by atoms with E-state index in [1.54, 1.807) is 6.20 Å². The smallest absolute Gasteiger partial charge is 0.137 e. The van der Waals surface area contributed by atoms with Crippen molar-refractivity contribution >= 4 is 15.9 Å². The molecule has 0 amide bonds. The summed E-state index contributed by atoms with van der Waals surface area (Å²) in [7, 11) is 1.93. The first-order valence-electron chi connectivity index (χ1n) is 6.25. The van der Waals surface area contributed by atoms with Crippen LogP contribution in [0.3, 0.4) is 0 Å². The first kappa shape index (κ1) is 14.0. The summed E-state index contributed by atoms with van der Waals surface area (Å²) in [6.07, 6.45) is 4.51. The fourth-order valence-corrected chi connectivity index (χ4v) is 2.38. The van der Waals surface area contributed by atoms with Crippen LogP contribution in [0.5, 0.6) is 5.75 Å². The van der Waals surface area contributed by atoms with Gasteiger partial charge in [0.25, 0.3) is 0 Å². The highest BCUT2D eigenvalue weighted by Crippen LogP contribution is 2.29. The van der Waals surface area contributed by atoms with Crippen molar-refractivity contribution in [2.24, 2.45) is 0 Å². The van der Waals surface area contributed by atoms with Gasteiger partial charge < -0.3 is 10.1 Å². The second-order valence-electron chi connectivity index (χ2n) is 4.22. The Hall–Kier alpha value is -1.39. The molecule has 0 saturated heterocycles. The number of nitrogens with one attached hydrogen (secondary N) is 1. The van der Waals surface area contributed by atoms with E-state index in [4.69, 9.17) is 4.74 Å². The summed E-state index contributed by atoms with van der Waals surface area (Å²) in [5.74, 6) is 0.917. The number of aromatic nitrogens is 1. The van der Waals surface area contributed by atoms with Gasteiger partial charge in [-0.2, -0.15) is 0 Å². The highest BCUT2D eigenvalue weighted by molar-refractivity contribution is 9.10. The number of ether oxygens (including phenoxy) is 1. The maximum Gasteiger partial charge on any atom is 0.137 e. The number of rotatable bonds is 6. The molecule has 19 heavy (non-hydrogen) atoms. The zero-order valence-electron chi connectivity index (χ0n) is 10.9. The summed E-state index contributed by atoms with van der Waals surface area (Å²) in [5.41, 5.74) is 2.34. The Kier molecular flexibility index (Phi) is 5.36. The van der Waals surface area contributed by atoms with E-state index < -0.39 is 0 Å². The van der Waals surface area contributed by atoms with Crippen molar-refractivity contribution < 1.29 is 4.74 Å². The molecule has 0 bridgehead atoms. The van der Waals surface area contributed by atoms with Crippen LogP contribution in [0.2, 0.25) is 0 Å². The summed E-state index contributed by atoms with van der Waals surface area (Å²) >= 11 is 3.54. The normalized spacial score (nSPS) is 10.4. The average molecular weight is 321 g/mol. The van der Waals surface area contributed by atoms with E-state index in [0.29, 0.717) is 6.61 Å². The van der Waals surface area contributed by atoms with Gasteiger partial charge in [0.15, 0.2) is 0 Å². The standard InChI is InChI=1S/C15H17BrN2O/c1-17-11-13-5-2-6-14(16)15(13)19-9-7-12-4-3-8-18-10-12/h2-6,8,10,17H,7,9,11H2,1H3. The van der Waals surface area contributed by atoms with Crippen molar-refractivity contribution in [3.8, 4) is 5.75 Å². The fourth-order valence-electron chi connectivity index (χ4n) is 1.86. The molecule has 0 spiro atoms. The topological polar surface area (TPSA) is 34.1 Å². The van der Waals surface area contributed by atoms with E-state index in [1.807, 2.05) is 31.4 Å². The van der Waals surface area contributed by atoms with E-state index in [1.165, 1.54) is 5.56 Å². The molecule has 0 aliphatic rings. The molecule has 0 radical (unpaired) electrons. The Labute approximate surface area is 122 Å². The molecule has 0 saturated carbocycles. The second kappa shape index (κ2) is 7.26. The molecule has 3 nitrogen and oxygen atoms in total. The number of nitrogens with zero attached hydrogens (tertiary/aromatic N) is 1. The van der Waals surface area contributed by atoms with Gasteiger partial charge in [-0.1, -0.05) is 18.2 Å². The molecule has 4 heteroatoms. The monoisotopic (exact) mass is 320 g/mol. The van der Waals surface area contributed by atoms with Gasteiger partial charge in [-0.05, 0) is 40.7 Å². The molecular formula is C15H17BrN2O. The van der Waals surface area contributed by atoms with Crippen molar-refractivity contribution in [3.63, 3.8) is 0 Å². The molecule has 1 aromatic carbocycles. The predicted molar refractivity (Wildman–Crippen MR) is 80.3 cm³/mol. The average Bonchev–Trinajstić information content (AvgIpc) is 2.43. The third-order valence-corrected chi connectivity index (χ3v) is 3.40. The molecule has 2 rings (SSSR count). The molecule has 0 aliphatic carbocycles. The molecule has 0 unspecified atom stereocenters. The quantitative estimate of drug-likeness (QED) is 0.887. The first-order chi connectivity index (χ1) is 9.31. The molecule has 1 aromatic heterocycles. The second-order valence-corrected chi connectivity index (χ2v) is 5.07. The summed E-state index contributed by atoms with van der Waals surface area (Å²) in [4.78, 5) is 4.10. The van der Waals surface area contributed by atoms with Crippen molar-refractivity contribution in [1.82, 2.24) is 10.3 Å². The van der Waals surface area contributed by atoms with Crippen LogP contribution in [0.1, 0.15) is 11.1 Å². The van der Waals surface area contributed by atoms with Crippen LogP contribution in [-0.2, 0) is 13.0 Å². The van der Waals surface area contributed by atoms with E-state index in [9.17, 15) is 0 Å². The summed E-state index contributed by atoms with van der Waals surface area (Å²) in [6.45, 7) is 1.44. The van der Waals surface area contributed by atoms with Crippen molar-refractivity contribution in [2.45, 2.75) is 13.0 Å². The lowest BCUT2D eigenvalue weighted by Gasteiger charge is -2.13. The fraction of sp³-hybridized carbons (Fsp3) is 0.267. The summed E-state index contributed by atoms with van der Waals surface area (Å²) < 4.78 is 6.90. The molecule has 100 valence electrons. The lowest BCUT2D eigenvalue weighted by atomic mass is 10.2. The first-order valence-corrected chi connectivity index (χ1v) is 7.04. The number of hydrogen-bond acceptors (Lipinski definition) is 3. The number of para-hydroxylation sites is 1. The highest BCUT2D eigenvalue weighted by Gasteiger charge is 2.07. The Bertz CT molecular complexity index is 517. The third-order valence-electron chi connectivity index (χ3n) is 2.78. The van der Waals surface area contributed by atoms with Crippen LogP contribution in [0.25, 0.3) is 0 Å². The maximum absolute atomic E-state index is 5.91. The van der Waals surface area contributed by atoms with Gasteiger partial charge in [0, 0.05) is 30.9 Å². The van der Waals surface area contributed by atoms with Gasteiger partial charge in [-0.3, -0.25) is 4.98 Å². The zero-order valence-corrected chi connectivity index (χ0v) is 12.5. The van der Waals surface area contributed by atoms with Crippen molar-refractivity contribution in [3.05, 3.63) is 58.3 Å². The van der Waals surface area contributed by atoms with E-state index in [-0.39, 0.29) is 0 Å². The van der Waals surface area contributed by atoms with Gasteiger partial charge >= 0.3 is 0 Å². The molecule has 0 aliphatic heterocycles. The summed E-state index contributed by atoms with van der Waals surface area (Å²) in [5, 5.41) is 3.15. The molecule has 0 fully saturated rings. The summed E-state index contributed by atoms with van der Waals surface area (Å²) in [6, 6.07) is 10.1. The number of benzene rings is 1. The Morgan fingerprint density at radius 3 is 2.89 bits per heavy atom. The SMILES string of the molecule is CNCc1cccc(Br)c1OCCc1cccnc1. The van der Waals surface area contributed by atoms with Crippen LogP contribution in [0, 0.1) is 0 Å². The lowest BCUT2D eigenvalue weighted by molar-refractivity contribution is 0.316. The van der Waals surface area contributed by atoms with Crippen molar-refractivity contribution in [1.29, 1.82) is 0 Å². The Morgan fingerprint density at radius 2 is 2.16 bits per heavy atom. The molecule has 1 heterocycles. The highest BCUT2D eigenvalue weighted by atomic mass is 79.9.